The fourth-order valence-electron chi connectivity index (χ4n) is 2.21. The average Bonchev–Trinajstić information content (AvgIpc) is 3.09. The summed E-state index contributed by atoms with van der Waals surface area (Å²) in [6, 6.07) is 19.2. The number of thioether (sulfide) groups is 3. The molecular weight excluding hydrogens is 340 g/mol. The molecule has 0 saturated carbocycles. The number of benzene rings is 2. The number of carbonyl (C=O) groups is 1. The molecule has 0 amide bonds. The van der Waals surface area contributed by atoms with Gasteiger partial charge in [0.15, 0.2) is 0 Å². The van der Waals surface area contributed by atoms with Crippen molar-refractivity contribution in [2.75, 3.05) is 5.75 Å². The lowest BCUT2D eigenvalue weighted by Gasteiger charge is -2.10. The van der Waals surface area contributed by atoms with Gasteiger partial charge in [-0.3, -0.25) is 4.79 Å². The predicted octanol–water partition coefficient (Wildman–Crippen LogP) is 6.12. The van der Waals surface area contributed by atoms with Crippen LogP contribution in [0.2, 0.25) is 0 Å². The van der Waals surface area contributed by atoms with Gasteiger partial charge in [-0.2, -0.15) is 0 Å². The molecule has 0 radical (unpaired) electrons. The molecule has 1 heterocycles. The molecule has 2 aromatic rings. The zero-order valence-corrected chi connectivity index (χ0v) is 14.9. The van der Waals surface area contributed by atoms with E-state index in [4.69, 9.17) is 0 Å². The Balaban J connectivity index is 1.61. The number of carbonyl (C=O) groups excluding carboxylic acids is 1. The lowest BCUT2D eigenvalue weighted by atomic mass is 10.0. The first-order chi connectivity index (χ1) is 11.3. The summed E-state index contributed by atoms with van der Waals surface area (Å²) in [5.41, 5.74) is 3.79. The third kappa shape index (κ3) is 4.34. The Morgan fingerprint density at radius 2 is 1.78 bits per heavy atom. The van der Waals surface area contributed by atoms with E-state index in [0.717, 1.165) is 5.75 Å². The van der Waals surface area contributed by atoms with Crippen molar-refractivity contribution in [1.29, 1.82) is 0 Å². The molecule has 0 spiro atoms. The first-order valence-electron chi connectivity index (χ1n) is 7.22. The van der Waals surface area contributed by atoms with Gasteiger partial charge in [-0.05, 0) is 28.2 Å². The topological polar surface area (TPSA) is 17.1 Å². The van der Waals surface area contributed by atoms with E-state index in [-0.39, 0.29) is 5.12 Å². The molecule has 0 bridgehead atoms. The predicted molar refractivity (Wildman–Crippen MR) is 106 cm³/mol. The molecule has 23 heavy (non-hydrogen) atoms. The minimum absolute atomic E-state index is 0.0344. The van der Waals surface area contributed by atoms with Crippen molar-refractivity contribution >= 4 is 40.4 Å². The SMILES string of the molecule is C=CC(=O)SCC1=CSC(c2ccc(-c3ccccc3)cc2)S1. The summed E-state index contributed by atoms with van der Waals surface area (Å²) in [7, 11) is 0. The van der Waals surface area contributed by atoms with E-state index in [1.54, 1.807) is 0 Å². The maximum Gasteiger partial charge on any atom is 0.211 e. The molecule has 0 fully saturated rings. The molecule has 1 atom stereocenters. The van der Waals surface area contributed by atoms with Gasteiger partial charge in [0, 0.05) is 10.7 Å². The average molecular weight is 357 g/mol. The zero-order valence-electron chi connectivity index (χ0n) is 12.5. The Kier molecular flexibility index (Phi) is 5.70. The molecule has 0 aliphatic carbocycles. The molecule has 1 nitrogen and oxygen atoms in total. The largest absolute Gasteiger partial charge is 0.282 e. The van der Waals surface area contributed by atoms with Crippen molar-refractivity contribution in [2.45, 2.75) is 4.58 Å². The van der Waals surface area contributed by atoms with Crippen LogP contribution in [0.3, 0.4) is 0 Å². The Morgan fingerprint density at radius 3 is 2.48 bits per heavy atom. The molecule has 2 aromatic carbocycles. The smallest absolute Gasteiger partial charge is 0.211 e. The molecule has 0 aromatic heterocycles. The summed E-state index contributed by atoms with van der Waals surface area (Å²) in [5, 5.41) is 2.20. The van der Waals surface area contributed by atoms with Crippen LogP contribution < -0.4 is 0 Å². The van der Waals surface area contributed by atoms with Crippen LogP contribution in [0.1, 0.15) is 10.1 Å². The standard InChI is InChI=1S/C19H16OS3/c1-2-18(20)21-12-17-13-22-19(23-17)16-10-8-15(9-11-16)14-6-4-3-5-7-14/h2-11,13,19H,1,12H2. The summed E-state index contributed by atoms with van der Waals surface area (Å²) < 4.78 is 0.384. The van der Waals surface area contributed by atoms with E-state index < -0.39 is 0 Å². The van der Waals surface area contributed by atoms with E-state index in [2.05, 4.69) is 60.5 Å². The van der Waals surface area contributed by atoms with E-state index in [9.17, 15) is 4.79 Å². The minimum atomic E-state index is 0.0344. The fourth-order valence-corrected chi connectivity index (χ4v) is 5.64. The van der Waals surface area contributed by atoms with Crippen molar-refractivity contribution in [2.24, 2.45) is 0 Å². The summed E-state index contributed by atoms with van der Waals surface area (Å²) in [4.78, 5) is 12.6. The molecule has 3 rings (SSSR count). The molecule has 116 valence electrons. The van der Waals surface area contributed by atoms with Crippen molar-refractivity contribution in [3.8, 4) is 11.1 Å². The second kappa shape index (κ2) is 7.95. The molecule has 1 unspecified atom stereocenters. The quantitative estimate of drug-likeness (QED) is 0.600. The van der Waals surface area contributed by atoms with Crippen LogP contribution in [0, 0.1) is 0 Å². The van der Waals surface area contributed by atoms with Gasteiger partial charge in [0.2, 0.25) is 5.12 Å². The Labute approximate surface area is 149 Å². The molecule has 0 N–H and O–H groups in total. The van der Waals surface area contributed by atoms with Crippen molar-refractivity contribution in [1.82, 2.24) is 0 Å². The van der Waals surface area contributed by atoms with Gasteiger partial charge in [-0.25, -0.2) is 0 Å². The van der Waals surface area contributed by atoms with E-state index >= 15 is 0 Å². The van der Waals surface area contributed by atoms with E-state index in [0.29, 0.717) is 4.58 Å². The third-order valence-electron chi connectivity index (χ3n) is 3.39. The van der Waals surface area contributed by atoms with Gasteiger partial charge in [0.05, 0.1) is 4.58 Å². The van der Waals surface area contributed by atoms with Gasteiger partial charge >= 0.3 is 0 Å². The first kappa shape index (κ1) is 16.5. The Morgan fingerprint density at radius 1 is 1.09 bits per heavy atom. The van der Waals surface area contributed by atoms with Crippen molar-refractivity contribution in [3.63, 3.8) is 0 Å². The molecule has 0 saturated heterocycles. The zero-order chi connectivity index (χ0) is 16.1. The highest BCUT2D eigenvalue weighted by Gasteiger charge is 2.20. The maximum absolute atomic E-state index is 11.3. The maximum atomic E-state index is 11.3. The molecule has 4 heteroatoms. The normalized spacial score (nSPS) is 16.9. The lowest BCUT2D eigenvalue weighted by Crippen LogP contribution is -1.89. The van der Waals surface area contributed by atoms with Crippen LogP contribution in [0.5, 0.6) is 0 Å². The van der Waals surface area contributed by atoms with Crippen LogP contribution >= 0.6 is 35.3 Å². The number of rotatable bonds is 5. The van der Waals surface area contributed by atoms with Gasteiger partial charge in [0.1, 0.15) is 0 Å². The first-order valence-corrected chi connectivity index (χ1v) is 10.0. The van der Waals surface area contributed by atoms with Crippen LogP contribution in [-0.2, 0) is 4.79 Å². The second-order valence-electron chi connectivity index (χ2n) is 4.97. The molecule has 1 aliphatic rings. The van der Waals surface area contributed by atoms with E-state index in [1.165, 1.54) is 39.4 Å². The van der Waals surface area contributed by atoms with Crippen LogP contribution in [0.15, 0.2) is 77.6 Å². The van der Waals surface area contributed by atoms with Crippen LogP contribution in [0.25, 0.3) is 11.1 Å². The Bertz CT molecular complexity index is 720. The number of hydrogen-bond donors (Lipinski definition) is 0. The fraction of sp³-hybridized carbons (Fsp3) is 0.105. The minimum Gasteiger partial charge on any atom is -0.282 e. The third-order valence-corrected chi connectivity index (χ3v) is 7.25. The van der Waals surface area contributed by atoms with Crippen LogP contribution in [-0.4, -0.2) is 10.9 Å². The lowest BCUT2D eigenvalue weighted by molar-refractivity contribution is -0.107. The van der Waals surface area contributed by atoms with Gasteiger partial charge in [-0.1, -0.05) is 72.9 Å². The highest BCUT2D eigenvalue weighted by molar-refractivity contribution is 8.23. The van der Waals surface area contributed by atoms with Crippen molar-refractivity contribution < 1.29 is 4.79 Å². The number of hydrogen-bond acceptors (Lipinski definition) is 4. The summed E-state index contributed by atoms with van der Waals surface area (Å²) in [6.45, 7) is 3.50. The van der Waals surface area contributed by atoms with E-state index in [1.807, 2.05) is 29.6 Å². The molecule has 1 aliphatic heterocycles. The highest BCUT2D eigenvalue weighted by atomic mass is 32.2. The van der Waals surface area contributed by atoms with Gasteiger partial charge in [0.25, 0.3) is 0 Å². The van der Waals surface area contributed by atoms with Crippen LogP contribution in [0.4, 0.5) is 0 Å². The summed E-state index contributed by atoms with van der Waals surface area (Å²) >= 11 is 4.96. The molecular formula is C19H16OS3. The highest BCUT2D eigenvalue weighted by Crippen LogP contribution is 2.51. The Hall–Kier alpha value is -1.36. The van der Waals surface area contributed by atoms with Crippen molar-refractivity contribution in [3.05, 3.63) is 83.1 Å². The van der Waals surface area contributed by atoms with Gasteiger partial charge in [-0.15, -0.1) is 23.5 Å². The summed E-state index contributed by atoms with van der Waals surface area (Å²) in [6.07, 6.45) is 1.37. The van der Waals surface area contributed by atoms with Gasteiger partial charge < -0.3 is 0 Å². The second-order valence-corrected chi connectivity index (χ2v) is 8.46. The summed E-state index contributed by atoms with van der Waals surface area (Å²) in [5.74, 6) is 0.737. The monoisotopic (exact) mass is 356 g/mol.